The van der Waals surface area contributed by atoms with E-state index in [4.69, 9.17) is 0 Å². The van der Waals surface area contributed by atoms with Crippen LogP contribution in [0.3, 0.4) is 0 Å². The van der Waals surface area contributed by atoms with E-state index in [1.54, 1.807) is 0 Å². The zero-order valence-corrected chi connectivity index (χ0v) is 11.3. The Morgan fingerprint density at radius 1 is 1.41 bits per heavy atom. The van der Waals surface area contributed by atoms with Crippen molar-refractivity contribution in [1.29, 1.82) is 0 Å². The number of rotatable bonds is 6. The molecule has 0 aliphatic rings. The SMILES string of the molecule is CCc1ccsc1CNCCc1ccnn1C. The molecule has 0 bridgehead atoms. The molecular formula is C13H19N3S. The number of hydrogen-bond donors (Lipinski definition) is 1. The maximum atomic E-state index is 4.16. The van der Waals surface area contributed by atoms with Gasteiger partial charge in [-0.15, -0.1) is 11.3 Å². The number of aromatic nitrogens is 2. The second-order valence-electron chi connectivity index (χ2n) is 4.10. The lowest BCUT2D eigenvalue weighted by atomic mass is 10.2. The summed E-state index contributed by atoms with van der Waals surface area (Å²) in [5.74, 6) is 0. The predicted octanol–water partition coefficient (Wildman–Crippen LogP) is 2.38. The number of nitrogens with one attached hydrogen (secondary N) is 1. The molecule has 0 aromatic carbocycles. The van der Waals surface area contributed by atoms with Gasteiger partial charge in [-0.25, -0.2) is 0 Å². The largest absolute Gasteiger partial charge is 0.311 e. The molecule has 0 aliphatic carbocycles. The molecule has 92 valence electrons. The van der Waals surface area contributed by atoms with E-state index >= 15 is 0 Å². The molecule has 0 aliphatic heterocycles. The van der Waals surface area contributed by atoms with Crippen molar-refractivity contribution in [1.82, 2.24) is 15.1 Å². The minimum Gasteiger partial charge on any atom is -0.311 e. The number of aryl methyl sites for hydroxylation is 2. The predicted molar refractivity (Wildman–Crippen MR) is 72.3 cm³/mol. The van der Waals surface area contributed by atoms with E-state index in [-0.39, 0.29) is 0 Å². The first-order valence-corrected chi connectivity index (χ1v) is 6.92. The van der Waals surface area contributed by atoms with Gasteiger partial charge in [-0.2, -0.15) is 5.10 Å². The molecule has 0 saturated heterocycles. The van der Waals surface area contributed by atoms with Gasteiger partial charge < -0.3 is 5.32 Å². The quantitative estimate of drug-likeness (QED) is 0.797. The lowest BCUT2D eigenvalue weighted by Crippen LogP contribution is -2.17. The molecule has 17 heavy (non-hydrogen) atoms. The highest BCUT2D eigenvalue weighted by Crippen LogP contribution is 2.16. The molecule has 0 spiro atoms. The van der Waals surface area contributed by atoms with Crippen molar-refractivity contribution in [2.75, 3.05) is 6.54 Å². The minimum atomic E-state index is 0.985. The third kappa shape index (κ3) is 3.17. The maximum absolute atomic E-state index is 4.16. The standard InChI is InChI=1S/C13H19N3S/c1-3-11-6-9-17-13(11)10-14-7-4-12-5-8-15-16(12)2/h5-6,8-9,14H,3-4,7,10H2,1-2H3. The summed E-state index contributed by atoms with van der Waals surface area (Å²) in [7, 11) is 1.99. The van der Waals surface area contributed by atoms with Crippen LogP contribution in [0.15, 0.2) is 23.7 Å². The molecule has 2 aromatic heterocycles. The smallest absolute Gasteiger partial charge is 0.0492 e. The normalized spacial score (nSPS) is 10.9. The fourth-order valence-corrected chi connectivity index (χ4v) is 2.85. The third-order valence-electron chi connectivity index (χ3n) is 2.98. The Morgan fingerprint density at radius 2 is 2.29 bits per heavy atom. The monoisotopic (exact) mass is 249 g/mol. The van der Waals surface area contributed by atoms with Gasteiger partial charge in [0.25, 0.3) is 0 Å². The second kappa shape index (κ2) is 5.98. The minimum absolute atomic E-state index is 0.985. The Balaban J connectivity index is 1.75. The summed E-state index contributed by atoms with van der Waals surface area (Å²) in [6.45, 7) is 4.19. The fourth-order valence-electron chi connectivity index (χ4n) is 1.90. The molecule has 2 rings (SSSR count). The van der Waals surface area contributed by atoms with Crippen molar-refractivity contribution in [3.05, 3.63) is 39.8 Å². The molecule has 3 nitrogen and oxygen atoms in total. The Labute approximate surface area is 106 Å². The molecule has 0 atom stereocenters. The van der Waals surface area contributed by atoms with Crippen LogP contribution in [0.25, 0.3) is 0 Å². The van der Waals surface area contributed by atoms with E-state index in [1.807, 2.05) is 29.3 Å². The summed E-state index contributed by atoms with van der Waals surface area (Å²) in [5.41, 5.74) is 2.75. The molecule has 2 heterocycles. The molecule has 2 aromatic rings. The molecule has 4 heteroatoms. The van der Waals surface area contributed by atoms with Crippen molar-refractivity contribution < 1.29 is 0 Å². The van der Waals surface area contributed by atoms with E-state index in [1.165, 1.54) is 16.1 Å². The van der Waals surface area contributed by atoms with E-state index < -0.39 is 0 Å². The third-order valence-corrected chi connectivity index (χ3v) is 3.95. The van der Waals surface area contributed by atoms with Gasteiger partial charge >= 0.3 is 0 Å². The molecule has 0 amide bonds. The molecule has 0 radical (unpaired) electrons. The first kappa shape index (κ1) is 12.3. The average molecular weight is 249 g/mol. The van der Waals surface area contributed by atoms with Crippen molar-refractivity contribution in [2.45, 2.75) is 26.3 Å². The Morgan fingerprint density at radius 3 is 3.00 bits per heavy atom. The van der Waals surface area contributed by atoms with Crippen LogP contribution in [-0.4, -0.2) is 16.3 Å². The van der Waals surface area contributed by atoms with Gasteiger partial charge in [-0.05, 0) is 29.5 Å². The van der Waals surface area contributed by atoms with Gasteiger partial charge in [0.05, 0.1) is 0 Å². The molecule has 0 fully saturated rings. The summed E-state index contributed by atoms with van der Waals surface area (Å²) >= 11 is 1.85. The fraction of sp³-hybridized carbons (Fsp3) is 0.462. The van der Waals surface area contributed by atoms with Crippen LogP contribution in [0.4, 0.5) is 0 Å². The molecule has 0 unspecified atom stereocenters. The van der Waals surface area contributed by atoms with Gasteiger partial charge in [-0.3, -0.25) is 4.68 Å². The summed E-state index contributed by atoms with van der Waals surface area (Å²) < 4.78 is 1.93. The van der Waals surface area contributed by atoms with Gasteiger partial charge in [0.2, 0.25) is 0 Å². The maximum Gasteiger partial charge on any atom is 0.0492 e. The molecule has 1 N–H and O–H groups in total. The lowest BCUT2D eigenvalue weighted by molar-refractivity contribution is 0.645. The van der Waals surface area contributed by atoms with Gasteiger partial charge in [0.1, 0.15) is 0 Å². The van der Waals surface area contributed by atoms with E-state index in [2.05, 4.69) is 34.9 Å². The summed E-state index contributed by atoms with van der Waals surface area (Å²) in [5, 5.41) is 9.84. The van der Waals surface area contributed by atoms with Crippen molar-refractivity contribution in [3.8, 4) is 0 Å². The summed E-state index contributed by atoms with van der Waals surface area (Å²) in [6, 6.07) is 4.30. The van der Waals surface area contributed by atoms with Crippen LogP contribution in [0, 0.1) is 0 Å². The Kier molecular flexibility index (Phi) is 4.34. The Hall–Kier alpha value is -1.13. The van der Waals surface area contributed by atoms with Crippen LogP contribution in [0.1, 0.15) is 23.1 Å². The highest BCUT2D eigenvalue weighted by atomic mass is 32.1. The first-order chi connectivity index (χ1) is 8.31. The van der Waals surface area contributed by atoms with Crippen LogP contribution in [0.5, 0.6) is 0 Å². The number of hydrogen-bond acceptors (Lipinski definition) is 3. The first-order valence-electron chi connectivity index (χ1n) is 6.04. The van der Waals surface area contributed by atoms with E-state index in [9.17, 15) is 0 Å². The molecular weight excluding hydrogens is 230 g/mol. The highest BCUT2D eigenvalue weighted by molar-refractivity contribution is 7.10. The van der Waals surface area contributed by atoms with Crippen molar-refractivity contribution in [3.63, 3.8) is 0 Å². The molecule has 0 saturated carbocycles. The number of thiophene rings is 1. The van der Waals surface area contributed by atoms with E-state index in [0.29, 0.717) is 0 Å². The van der Waals surface area contributed by atoms with Crippen LogP contribution in [0.2, 0.25) is 0 Å². The van der Waals surface area contributed by atoms with E-state index in [0.717, 1.165) is 25.9 Å². The average Bonchev–Trinajstić information content (AvgIpc) is 2.93. The van der Waals surface area contributed by atoms with Crippen molar-refractivity contribution in [2.24, 2.45) is 7.05 Å². The van der Waals surface area contributed by atoms with Crippen LogP contribution >= 0.6 is 11.3 Å². The van der Waals surface area contributed by atoms with Gasteiger partial charge in [-0.1, -0.05) is 6.92 Å². The van der Waals surface area contributed by atoms with Gasteiger partial charge in [0.15, 0.2) is 0 Å². The van der Waals surface area contributed by atoms with Crippen molar-refractivity contribution >= 4 is 11.3 Å². The lowest BCUT2D eigenvalue weighted by Gasteiger charge is -2.05. The van der Waals surface area contributed by atoms with Crippen LogP contribution < -0.4 is 5.32 Å². The topological polar surface area (TPSA) is 29.9 Å². The summed E-state index contributed by atoms with van der Waals surface area (Å²) in [4.78, 5) is 1.47. The highest BCUT2D eigenvalue weighted by Gasteiger charge is 2.02. The zero-order chi connectivity index (χ0) is 12.1. The van der Waals surface area contributed by atoms with Gasteiger partial charge in [0, 0.05) is 43.3 Å². The second-order valence-corrected chi connectivity index (χ2v) is 5.10. The Bertz CT molecular complexity index is 459. The van der Waals surface area contributed by atoms with Crippen LogP contribution in [-0.2, 0) is 26.4 Å². The zero-order valence-electron chi connectivity index (χ0n) is 10.4. The summed E-state index contributed by atoms with van der Waals surface area (Å²) in [6.07, 6.45) is 4.01. The number of nitrogens with zero attached hydrogens (tertiary/aromatic N) is 2.